The van der Waals surface area contributed by atoms with Gasteiger partial charge in [0.2, 0.25) is 0 Å². The quantitative estimate of drug-likeness (QED) is 0.423. The van der Waals surface area contributed by atoms with E-state index in [-0.39, 0.29) is 5.56 Å². The molecule has 1 aromatic heterocycles. The van der Waals surface area contributed by atoms with E-state index in [9.17, 15) is 22.8 Å². The smallest absolute Gasteiger partial charge is 0.369 e. The highest BCUT2D eigenvalue weighted by atomic mass is 19.4. The molecule has 0 aliphatic rings. The molecule has 3 aromatic rings. The number of nitrogens with two attached hydrogens (primary N) is 1. The minimum absolute atomic E-state index is 0.134. The molecule has 0 atom stereocenters. The Kier molecular flexibility index (Phi) is 7.29. The lowest BCUT2D eigenvalue weighted by molar-refractivity contribution is -0.137. The largest absolute Gasteiger partial charge is 0.416 e. The van der Waals surface area contributed by atoms with Crippen LogP contribution in [0.15, 0.2) is 60.8 Å². The minimum atomic E-state index is -4.55. The average Bonchev–Trinajstić information content (AvgIpc) is 2.79. The highest BCUT2D eigenvalue weighted by Crippen LogP contribution is 2.30. The molecule has 2 aromatic carbocycles. The summed E-state index contributed by atoms with van der Waals surface area (Å²) in [7, 11) is 0. The monoisotopic (exact) mass is 457 g/mol. The second kappa shape index (κ2) is 10.1. The summed E-state index contributed by atoms with van der Waals surface area (Å²) in [5, 5.41) is 8.31. The molecule has 0 unspecified atom stereocenters. The van der Waals surface area contributed by atoms with Crippen molar-refractivity contribution in [3.63, 3.8) is 0 Å². The zero-order chi connectivity index (χ0) is 24.0. The third-order valence-corrected chi connectivity index (χ3v) is 4.67. The highest BCUT2D eigenvalue weighted by Gasteiger charge is 2.30. The molecular weight excluding hydrogens is 435 g/mol. The standard InChI is InChI=1S/C23H22F3N5O2/c1-14-5-7-18(30-21(32)15-3-2-4-17(11-15)23(24,25)26)12-19(14)31-22(33)16-6-8-20(29-13-16)28-10-9-27/h2-8,11-13H,9-10,27H2,1H3,(H,28,29)(H,30,32)(H,31,33). The van der Waals surface area contributed by atoms with Gasteiger partial charge in [-0.1, -0.05) is 12.1 Å². The maximum Gasteiger partial charge on any atom is 0.416 e. The molecule has 0 aliphatic heterocycles. The fourth-order valence-corrected chi connectivity index (χ4v) is 2.90. The number of carbonyl (C=O) groups excluding carboxylic acids is 2. The van der Waals surface area contributed by atoms with Crippen molar-refractivity contribution in [1.29, 1.82) is 0 Å². The number of hydrogen-bond donors (Lipinski definition) is 4. The Morgan fingerprint density at radius 3 is 2.39 bits per heavy atom. The maximum absolute atomic E-state index is 12.9. The third kappa shape index (κ3) is 6.30. The van der Waals surface area contributed by atoms with Gasteiger partial charge in [0.1, 0.15) is 5.82 Å². The van der Waals surface area contributed by atoms with Gasteiger partial charge in [0.15, 0.2) is 0 Å². The van der Waals surface area contributed by atoms with Crippen molar-refractivity contribution < 1.29 is 22.8 Å². The summed E-state index contributed by atoms with van der Waals surface area (Å²) in [6.45, 7) is 2.77. The first-order chi connectivity index (χ1) is 15.7. The summed E-state index contributed by atoms with van der Waals surface area (Å²) < 4.78 is 38.7. The van der Waals surface area contributed by atoms with Crippen molar-refractivity contribution in [3.8, 4) is 0 Å². The Morgan fingerprint density at radius 2 is 1.73 bits per heavy atom. The van der Waals surface area contributed by atoms with Crippen molar-refractivity contribution in [2.45, 2.75) is 13.1 Å². The number of aromatic nitrogens is 1. The lowest BCUT2D eigenvalue weighted by Crippen LogP contribution is -2.16. The Bertz CT molecular complexity index is 1150. The van der Waals surface area contributed by atoms with Crippen LogP contribution in [0, 0.1) is 6.92 Å². The number of rotatable bonds is 7. The topological polar surface area (TPSA) is 109 Å². The first kappa shape index (κ1) is 23.7. The van der Waals surface area contributed by atoms with E-state index in [1.54, 1.807) is 31.2 Å². The molecule has 0 saturated heterocycles. The number of aryl methyl sites for hydroxylation is 1. The lowest BCUT2D eigenvalue weighted by Gasteiger charge is -2.13. The number of nitrogens with zero attached hydrogens (tertiary/aromatic N) is 1. The number of pyridine rings is 1. The van der Waals surface area contributed by atoms with Crippen LogP contribution in [0.5, 0.6) is 0 Å². The van der Waals surface area contributed by atoms with Crippen molar-refractivity contribution in [2.75, 3.05) is 29.0 Å². The van der Waals surface area contributed by atoms with Crippen LogP contribution < -0.4 is 21.7 Å². The Balaban J connectivity index is 1.72. The minimum Gasteiger partial charge on any atom is -0.369 e. The zero-order valence-corrected chi connectivity index (χ0v) is 17.7. The van der Waals surface area contributed by atoms with Gasteiger partial charge in [-0.2, -0.15) is 13.2 Å². The van der Waals surface area contributed by atoms with Gasteiger partial charge in [-0.15, -0.1) is 0 Å². The van der Waals surface area contributed by atoms with Crippen molar-refractivity contribution in [3.05, 3.63) is 83.0 Å². The highest BCUT2D eigenvalue weighted by molar-refractivity contribution is 6.06. The van der Waals surface area contributed by atoms with Crippen LogP contribution in [0.1, 0.15) is 31.8 Å². The van der Waals surface area contributed by atoms with E-state index >= 15 is 0 Å². The molecule has 33 heavy (non-hydrogen) atoms. The second-order valence-corrected chi connectivity index (χ2v) is 7.16. The summed E-state index contributed by atoms with van der Waals surface area (Å²) >= 11 is 0. The van der Waals surface area contributed by atoms with Crippen LogP contribution in [-0.4, -0.2) is 29.9 Å². The molecule has 5 N–H and O–H groups in total. The van der Waals surface area contributed by atoms with Crippen molar-refractivity contribution in [2.24, 2.45) is 5.73 Å². The van der Waals surface area contributed by atoms with E-state index < -0.39 is 23.6 Å². The van der Waals surface area contributed by atoms with Gasteiger partial charge in [0, 0.05) is 36.2 Å². The van der Waals surface area contributed by atoms with Gasteiger partial charge >= 0.3 is 6.18 Å². The molecule has 10 heteroatoms. The Hall–Kier alpha value is -3.92. The number of carbonyl (C=O) groups is 2. The van der Waals surface area contributed by atoms with Crippen LogP contribution in [-0.2, 0) is 6.18 Å². The third-order valence-electron chi connectivity index (χ3n) is 4.67. The second-order valence-electron chi connectivity index (χ2n) is 7.16. The summed E-state index contributed by atoms with van der Waals surface area (Å²) in [6, 6.07) is 12.2. The lowest BCUT2D eigenvalue weighted by atomic mass is 10.1. The normalized spacial score (nSPS) is 11.1. The number of benzene rings is 2. The molecular formula is C23H22F3N5O2. The van der Waals surface area contributed by atoms with Crippen molar-refractivity contribution in [1.82, 2.24) is 4.98 Å². The average molecular weight is 457 g/mol. The molecule has 0 spiro atoms. The Morgan fingerprint density at radius 1 is 0.970 bits per heavy atom. The van der Waals surface area contributed by atoms with Crippen LogP contribution in [0.4, 0.5) is 30.4 Å². The van der Waals surface area contributed by atoms with Gasteiger partial charge in [-0.05, 0) is 55.0 Å². The summed E-state index contributed by atoms with van der Waals surface area (Å²) in [5.41, 5.74) is 6.19. The first-order valence-electron chi connectivity index (χ1n) is 9.98. The van der Waals surface area contributed by atoms with Crippen molar-refractivity contribution >= 4 is 29.0 Å². The number of halogens is 3. The molecule has 3 rings (SSSR count). The number of nitrogens with one attached hydrogen (secondary N) is 3. The number of anilines is 3. The maximum atomic E-state index is 12.9. The van der Waals surface area contributed by atoms with E-state index in [2.05, 4.69) is 20.9 Å². The summed E-state index contributed by atoms with van der Waals surface area (Å²) in [6.07, 6.45) is -3.13. The molecule has 0 radical (unpaired) electrons. The predicted molar refractivity (Wildman–Crippen MR) is 120 cm³/mol. The Labute approximate surface area is 188 Å². The van der Waals surface area contributed by atoms with Gasteiger partial charge in [0.25, 0.3) is 11.8 Å². The number of amides is 2. The van der Waals surface area contributed by atoms with Gasteiger partial charge < -0.3 is 21.7 Å². The van der Waals surface area contributed by atoms with E-state index in [1.165, 1.54) is 24.4 Å². The van der Waals surface area contributed by atoms with Crippen LogP contribution >= 0.6 is 0 Å². The van der Waals surface area contributed by atoms with E-state index in [0.717, 1.165) is 17.7 Å². The summed E-state index contributed by atoms with van der Waals surface area (Å²) in [5.74, 6) is -0.517. The van der Waals surface area contributed by atoms with E-state index in [0.29, 0.717) is 35.8 Å². The van der Waals surface area contributed by atoms with Crippen LogP contribution in [0.25, 0.3) is 0 Å². The molecule has 0 saturated carbocycles. The predicted octanol–water partition coefficient (Wildman–Crippen LogP) is 4.28. The fourth-order valence-electron chi connectivity index (χ4n) is 2.90. The first-order valence-corrected chi connectivity index (χ1v) is 9.98. The molecule has 172 valence electrons. The van der Waals surface area contributed by atoms with Gasteiger partial charge in [-0.3, -0.25) is 9.59 Å². The number of hydrogen-bond acceptors (Lipinski definition) is 5. The molecule has 0 aliphatic carbocycles. The molecule has 0 fully saturated rings. The summed E-state index contributed by atoms with van der Waals surface area (Å²) in [4.78, 5) is 29.2. The molecule has 2 amide bonds. The van der Waals surface area contributed by atoms with E-state index in [1.807, 2.05) is 0 Å². The fraction of sp³-hybridized carbons (Fsp3) is 0.174. The SMILES string of the molecule is Cc1ccc(NC(=O)c2cccc(C(F)(F)F)c2)cc1NC(=O)c1ccc(NCCN)nc1. The van der Waals surface area contributed by atoms with Gasteiger partial charge in [-0.25, -0.2) is 4.98 Å². The van der Waals surface area contributed by atoms with E-state index in [4.69, 9.17) is 5.73 Å². The van der Waals surface area contributed by atoms with Crippen LogP contribution in [0.2, 0.25) is 0 Å². The number of alkyl halides is 3. The zero-order valence-electron chi connectivity index (χ0n) is 17.7. The van der Waals surface area contributed by atoms with Crippen LogP contribution in [0.3, 0.4) is 0 Å². The van der Waals surface area contributed by atoms with Gasteiger partial charge in [0.05, 0.1) is 11.1 Å². The molecule has 1 heterocycles. The molecule has 0 bridgehead atoms. The molecule has 7 nitrogen and oxygen atoms in total.